The highest BCUT2D eigenvalue weighted by Gasteiger charge is 2.25. The monoisotopic (exact) mass is 295 g/mol. The van der Waals surface area contributed by atoms with Crippen molar-refractivity contribution in [1.29, 1.82) is 0 Å². The van der Waals surface area contributed by atoms with E-state index in [-0.39, 0.29) is 12.5 Å². The number of hydrogen-bond donors (Lipinski definition) is 1. The first-order valence-electron chi connectivity index (χ1n) is 6.95. The Kier molecular flexibility index (Phi) is 5.73. The molecule has 0 amide bonds. The molecule has 0 bridgehead atoms. The molecule has 1 fully saturated rings. The highest BCUT2D eigenvalue weighted by molar-refractivity contribution is 7.99. The van der Waals surface area contributed by atoms with Crippen LogP contribution < -0.4 is 4.74 Å². The Labute approximate surface area is 124 Å². The molecule has 20 heavy (non-hydrogen) atoms. The lowest BCUT2D eigenvalue weighted by atomic mass is 10.1. The van der Waals surface area contributed by atoms with Crippen molar-refractivity contribution in [3.8, 4) is 5.75 Å². The van der Waals surface area contributed by atoms with Gasteiger partial charge in [-0.15, -0.1) is 0 Å². The topological polar surface area (TPSA) is 49.8 Å². The quantitative estimate of drug-likeness (QED) is 0.873. The number of nitrogens with zero attached hydrogens (tertiary/aromatic N) is 1. The average Bonchev–Trinajstić information content (AvgIpc) is 2.43. The van der Waals surface area contributed by atoms with Gasteiger partial charge in [0.15, 0.2) is 0 Å². The van der Waals surface area contributed by atoms with Crippen molar-refractivity contribution in [2.75, 3.05) is 24.7 Å². The zero-order chi connectivity index (χ0) is 14.4. The zero-order valence-corrected chi connectivity index (χ0v) is 12.6. The molecule has 110 valence electrons. The van der Waals surface area contributed by atoms with Gasteiger partial charge in [0.2, 0.25) is 0 Å². The molecular formula is C15H21NO3S. The van der Waals surface area contributed by atoms with Gasteiger partial charge in [-0.3, -0.25) is 9.69 Å². The number of thioether (sulfide) groups is 1. The van der Waals surface area contributed by atoms with Crippen molar-refractivity contribution in [3.05, 3.63) is 29.8 Å². The number of carboxylic acid groups (broad SMARTS) is 1. The van der Waals surface area contributed by atoms with E-state index in [1.165, 1.54) is 0 Å². The van der Waals surface area contributed by atoms with E-state index in [4.69, 9.17) is 9.84 Å². The van der Waals surface area contributed by atoms with Gasteiger partial charge in [0, 0.05) is 36.2 Å². The number of carboxylic acids is 1. The molecule has 0 aromatic heterocycles. The van der Waals surface area contributed by atoms with Gasteiger partial charge < -0.3 is 9.84 Å². The molecule has 0 spiro atoms. The van der Waals surface area contributed by atoms with Gasteiger partial charge in [-0.1, -0.05) is 18.2 Å². The van der Waals surface area contributed by atoms with E-state index in [1.807, 2.05) is 36.9 Å². The fourth-order valence-electron chi connectivity index (χ4n) is 2.44. The Morgan fingerprint density at radius 1 is 1.50 bits per heavy atom. The van der Waals surface area contributed by atoms with E-state index in [1.54, 1.807) is 0 Å². The maximum atomic E-state index is 11.0. The van der Waals surface area contributed by atoms with Crippen LogP contribution in [0.4, 0.5) is 0 Å². The van der Waals surface area contributed by atoms with Gasteiger partial charge in [0.05, 0.1) is 13.0 Å². The van der Waals surface area contributed by atoms with Crippen LogP contribution in [-0.4, -0.2) is 46.7 Å². The Hall–Kier alpha value is -1.20. The number of ether oxygens (including phenoxy) is 1. The van der Waals surface area contributed by atoms with Crippen molar-refractivity contribution in [3.63, 3.8) is 0 Å². The molecule has 1 N–H and O–H groups in total. The zero-order valence-electron chi connectivity index (χ0n) is 11.7. The number of benzene rings is 1. The van der Waals surface area contributed by atoms with Crippen molar-refractivity contribution in [1.82, 2.24) is 4.90 Å². The number of para-hydroxylation sites is 1. The molecule has 1 aromatic carbocycles. The molecular weight excluding hydrogens is 274 g/mol. The second kappa shape index (κ2) is 7.55. The fraction of sp³-hybridized carbons (Fsp3) is 0.533. The molecule has 0 aliphatic carbocycles. The Morgan fingerprint density at radius 2 is 2.30 bits per heavy atom. The highest BCUT2D eigenvalue weighted by Crippen LogP contribution is 2.25. The Balaban J connectivity index is 2.08. The highest BCUT2D eigenvalue weighted by atomic mass is 32.2. The molecule has 0 radical (unpaired) electrons. The van der Waals surface area contributed by atoms with Crippen LogP contribution in [-0.2, 0) is 11.3 Å². The number of hydrogen-bond acceptors (Lipinski definition) is 4. The van der Waals surface area contributed by atoms with Crippen LogP contribution in [0.5, 0.6) is 5.75 Å². The SMILES string of the molecule is CCOc1ccccc1CN1CCSCC1CC(=O)O. The first kappa shape index (κ1) is 15.2. The summed E-state index contributed by atoms with van der Waals surface area (Å²) in [5.41, 5.74) is 1.14. The average molecular weight is 295 g/mol. The summed E-state index contributed by atoms with van der Waals surface area (Å²) in [6.45, 7) is 4.31. The van der Waals surface area contributed by atoms with Crippen LogP contribution in [0.1, 0.15) is 18.9 Å². The molecule has 4 nitrogen and oxygen atoms in total. The van der Waals surface area contributed by atoms with Crippen LogP contribution in [0.25, 0.3) is 0 Å². The first-order valence-corrected chi connectivity index (χ1v) is 8.10. The third-order valence-electron chi connectivity index (χ3n) is 3.41. The second-order valence-corrected chi connectivity index (χ2v) is 5.99. The molecule has 1 unspecified atom stereocenters. The molecule has 1 aliphatic rings. The molecule has 0 saturated carbocycles. The van der Waals surface area contributed by atoms with Crippen molar-refractivity contribution in [2.24, 2.45) is 0 Å². The lowest BCUT2D eigenvalue weighted by molar-refractivity contribution is -0.138. The van der Waals surface area contributed by atoms with Crippen LogP contribution in [0.3, 0.4) is 0 Å². The minimum absolute atomic E-state index is 0.112. The largest absolute Gasteiger partial charge is 0.494 e. The van der Waals surface area contributed by atoms with E-state index in [0.29, 0.717) is 6.61 Å². The van der Waals surface area contributed by atoms with E-state index < -0.39 is 5.97 Å². The minimum atomic E-state index is -0.722. The number of carbonyl (C=O) groups is 1. The van der Waals surface area contributed by atoms with Crippen LogP contribution in [0.15, 0.2) is 24.3 Å². The standard InChI is InChI=1S/C15H21NO3S/c1-2-19-14-6-4-3-5-12(14)10-16-7-8-20-11-13(16)9-15(17)18/h3-6,13H,2,7-11H2,1H3,(H,17,18). The lowest BCUT2D eigenvalue weighted by Crippen LogP contribution is -2.43. The predicted molar refractivity (Wildman–Crippen MR) is 81.4 cm³/mol. The van der Waals surface area contributed by atoms with Gasteiger partial charge in [-0.05, 0) is 13.0 Å². The van der Waals surface area contributed by atoms with Gasteiger partial charge in [-0.2, -0.15) is 11.8 Å². The van der Waals surface area contributed by atoms with Gasteiger partial charge in [-0.25, -0.2) is 0 Å². The van der Waals surface area contributed by atoms with E-state index in [0.717, 1.165) is 35.9 Å². The summed E-state index contributed by atoms with van der Waals surface area (Å²) in [5, 5.41) is 9.03. The van der Waals surface area contributed by atoms with Crippen LogP contribution in [0, 0.1) is 0 Å². The van der Waals surface area contributed by atoms with E-state index in [2.05, 4.69) is 11.0 Å². The summed E-state index contributed by atoms with van der Waals surface area (Å²) in [5.74, 6) is 2.14. The van der Waals surface area contributed by atoms with Gasteiger partial charge in [0.25, 0.3) is 0 Å². The van der Waals surface area contributed by atoms with E-state index >= 15 is 0 Å². The summed E-state index contributed by atoms with van der Waals surface area (Å²) in [7, 11) is 0. The van der Waals surface area contributed by atoms with Gasteiger partial charge >= 0.3 is 5.97 Å². The molecule has 5 heteroatoms. The Bertz CT molecular complexity index is 452. The number of aliphatic carboxylic acids is 1. The maximum Gasteiger partial charge on any atom is 0.304 e. The lowest BCUT2D eigenvalue weighted by Gasteiger charge is -2.34. The minimum Gasteiger partial charge on any atom is -0.494 e. The summed E-state index contributed by atoms with van der Waals surface area (Å²) >= 11 is 1.84. The summed E-state index contributed by atoms with van der Waals surface area (Å²) in [6.07, 6.45) is 0.212. The normalized spacial score (nSPS) is 19.8. The summed E-state index contributed by atoms with van der Waals surface area (Å²) < 4.78 is 5.65. The van der Waals surface area contributed by atoms with Crippen LogP contribution >= 0.6 is 11.8 Å². The molecule has 1 heterocycles. The summed E-state index contributed by atoms with van der Waals surface area (Å²) in [4.78, 5) is 13.2. The molecule has 1 saturated heterocycles. The van der Waals surface area contributed by atoms with Crippen LogP contribution in [0.2, 0.25) is 0 Å². The third-order valence-corrected chi connectivity index (χ3v) is 4.50. The molecule has 1 atom stereocenters. The van der Waals surface area contributed by atoms with Gasteiger partial charge in [0.1, 0.15) is 5.75 Å². The fourth-order valence-corrected chi connectivity index (χ4v) is 3.57. The van der Waals surface area contributed by atoms with Crippen molar-refractivity contribution >= 4 is 17.7 Å². The number of rotatable bonds is 6. The van der Waals surface area contributed by atoms with Crippen molar-refractivity contribution < 1.29 is 14.6 Å². The predicted octanol–water partition coefficient (Wildman–Crippen LogP) is 2.48. The molecule has 1 aromatic rings. The third kappa shape index (κ3) is 4.15. The molecule has 1 aliphatic heterocycles. The smallest absolute Gasteiger partial charge is 0.304 e. The second-order valence-electron chi connectivity index (χ2n) is 4.84. The first-order chi connectivity index (χ1) is 9.70. The van der Waals surface area contributed by atoms with Crippen molar-refractivity contribution in [2.45, 2.75) is 25.9 Å². The molecule has 2 rings (SSSR count). The van der Waals surface area contributed by atoms with E-state index in [9.17, 15) is 4.79 Å². The summed E-state index contributed by atoms with van der Waals surface area (Å²) in [6, 6.07) is 8.12. The Morgan fingerprint density at radius 3 is 3.05 bits per heavy atom. The maximum absolute atomic E-state index is 11.0.